The molecule has 0 aliphatic rings. The third kappa shape index (κ3) is 7.88. The molecule has 0 aliphatic heterocycles. The summed E-state index contributed by atoms with van der Waals surface area (Å²) in [6, 6.07) is 11.5. The number of anilines is 2. The first kappa shape index (κ1) is 20.3. The lowest BCUT2D eigenvalue weighted by atomic mass is 10.3. The summed E-state index contributed by atoms with van der Waals surface area (Å²) in [6.45, 7) is 0. The molecule has 0 radical (unpaired) electrons. The molecule has 2 N–H and O–H groups in total. The first-order chi connectivity index (χ1) is 12.5. The second-order valence-electron chi connectivity index (χ2n) is 5.26. The van der Waals surface area contributed by atoms with Crippen molar-refractivity contribution in [1.82, 2.24) is 0 Å². The second kappa shape index (κ2) is 10.8. The van der Waals surface area contributed by atoms with Crippen LogP contribution in [0.15, 0.2) is 48.5 Å². The minimum atomic E-state index is -0.399. The van der Waals surface area contributed by atoms with Crippen LogP contribution in [0.25, 0.3) is 0 Å². The molecule has 2 rings (SSSR count). The molecule has 4 nitrogen and oxygen atoms in total. The molecule has 0 fully saturated rings. The fourth-order valence-corrected chi connectivity index (χ4v) is 3.95. The van der Waals surface area contributed by atoms with Crippen LogP contribution in [0.1, 0.15) is 12.8 Å². The van der Waals surface area contributed by atoms with Gasteiger partial charge in [0, 0.05) is 35.7 Å². The van der Waals surface area contributed by atoms with Crippen molar-refractivity contribution >= 4 is 44.8 Å². The molecule has 2 amide bonds. The zero-order valence-corrected chi connectivity index (χ0v) is 15.5. The number of halogens is 2. The monoisotopic (exact) mass is 396 g/mol. The Hall–Kier alpha value is -2.06. The maximum Gasteiger partial charge on any atom is 0.225 e. The lowest BCUT2D eigenvalue weighted by Crippen LogP contribution is -2.12. The van der Waals surface area contributed by atoms with Crippen molar-refractivity contribution in [1.29, 1.82) is 0 Å². The van der Waals surface area contributed by atoms with Crippen LogP contribution in [-0.2, 0) is 9.59 Å². The first-order valence-electron chi connectivity index (χ1n) is 7.88. The van der Waals surface area contributed by atoms with E-state index in [1.165, 1.54) is 58.0 Å². The number of amides is 2. The molecule has 138 valence electrons. The summed E-state index contributed by atoms with van der Waals surface area (Å²) in [5, 5.41) is 5.25. The summed E-state index contributed by atoms with van der Waals surface area (Å²) < 4.78 is 26.0. The van der Waals surface area contributed by atoms with Crippen LogP contribution in [0.5, 0.6) is 0 Å². The lowest BCUT2D eigenvalue weighted by molar-refractivity contribution is -0.116. The van der Waals surface area contributed by atoms with Gasteiger partial charge in [0.1, 0.15) is 11.6 Å². The molecule has 26 heavy (non-hydrogen) atoms. The zero-order valence-electron chi connectivity index (χ0n) is 13.8. The number of benzene rings is 2. The Bertz CT molecular complexity index is 696. The first-order valence-corrected chi connectivity index (χ1v) is 10.4. The summed E-state index contributed by atoms with van der Waals surface area (Å²) in [6.07, 6.45) is 0.591. The lowest BCUT2D eigenvalue weighted by Gasteiger charge is -2.06. The molecular weight excluding hydrogens is 378 g/mol. The summed E-state index contributed by atoms with van der Waals surface area (Å²) >= 11 is 0. The molecule has 0 saturated carbocycles. The van der Waals surface area contributed by atoms with Gasteiger partial charge in [-0.05, 0) is 36.4 Å². The van der Waals surface area contributed by atoms with E-state index in [4.69, 9.17) is 0 Å². The predicted octanol–water partition coefficient (Wildman–Crippen LogP) is 4.70. The highest BCUT2D eigenvalue weighted by Crippen LogP contribution is 2.23. The Labute approximate surface area is 158 Å². The highest BCUT2D eigenvalue weighted by Gasteiger charge is 2.05. The van der Waals surface area contributed by atoms with Crippen LogP contribution >= 0.6 is 21.6 Å². The molecule has 0 bridgehead atoms. The van der Waals surface area contributed by atoms with Crippen LogP contribution in [0.4, 0.5) is 20.2 Å². The van der Waals surface area contributed by atoms with E-state index in [0.29, 0.717) is 35.7 Å². The largest absolute Gasteiger partial charge is 0.326 e. The van der Waals surface area contributed by atoms with Gasteiger partial charge < -0.3 is 10.6 Å². The van der Waals surface area contributed by atoms with Gasteiger partial charge in [-0.3, -0.25) is 9.59 Å². The Kier molecular flexibility index (Phi) is 8.43. The van der Waals surface area contributed by atoms with Gasteiger partial charge in [-0.25, -0.2) is 8.78 Å². The molecule has 2 aromatic carbocycles. The third-order valence-electron chi connectivity index (χ3n) is 3.12. The van der Waals surface area contributed by atoms with Gasteiger partial charge in [-0.1, -0.05) is 33.7 Å². The van der Waals surface area contributed by atoms with Crippen LogP contribution in [0.3, 0.4) is 0 Å². The number of carbonyl (C=O) groups excluding carboxylic acids is 2. The van der Waals surface area contributed by atoms with Gasteiger partial charge in [-0.2, -0.15) is 0 Å². The molecular formula is C18H18F2N2O2S2. The van der Waals surface area contributed by atoms with E-state index in [1.54, 1.807) is 12.1 Å². The SMILES string of the molecule is O=C(CCSSCCC(=O)Nc1cccc(F)c1)Nc1cccc(F)c1. The van der Waals surface area contributed by atoms with Gasteiger partial charge in [0.2, 0.25) is 11.8 Å². The summed E-state index contributed by atoms with van der Waals surface area (Å²) in [7, 11) is 2.98. The van der Waals surface area contributed by atoms with Gasteiger partial charge in [0.15, 0.2) is 0 Å². The van der Waals surface area contributed by atoms with Gasteiger partial charge in [0.05, 0.1) is 0 Å². The van der Waals surface area contributed by atoms with Crippen LogP contribution < -0.4 is 10.6 Å². The molecule has 0 aliphatic carbocycles. The van der Waals surface area contributed by atoms with Gasteiger partial charge in [0.25, 0.3) is 0 Å². The number of hydrogen-bond donors (Lipinski definition) is 2. The maximum absolute atomic E-state index is 13.0. The van der Waals surface area contributed by atoms with E-state index in [9.17, 15) is 18.4 Å². The van der Waals surface area contributed by atoms with E-state index in [1.807, 2.05) is 0 Å². The van der Waals surface area contributed by atoms with E-state index in [-0.39, 0.29) is 11.8 Å². The molecule has 0 saturated heterocycles. The minimum absolute atomic E-state index is 0.187. The number of nitrogens with one attached hydrogen (secondary N) is 2. The van der Waals surface area contributed by atoms with E-state index >= 15 is 0 Å². The van der Waals surface area contributed by atoms with Gasteiger partial charge in [-0.15, -0.1) is 0 Å². The molecule has 8 heteroatoms. The van der Waals surface area contributed by atoms with Crippen molar-refractivity contribution in [2.75, 3.05) is 22.1 Å². The summed E-state index contributed by atoms with van der Waals surface area (Å²) in [5.74, 6) is -0.0112. The Balaban J connectivity index is 1.55. The van der Waals surface area contributed by atoms with E-state index < -0.39 is 11.6 Å². The van der Waals surface area contributed by atoms with Gasteiger partial charge >= 0.3 is 0 Å². The molecule has 0 aromatic heterocycles. The van der Waals surface area contributed by atoms with Crippen molar-refractivity contribution in [2.45, 2.75) is 12.8 Å². The van der Waals surface area contributed by atoms with Crippen molar-refractivity contribution in [2.24, 2.45) is 0 Å². The summed E-state index contributed by atoms with van der Waals surface area (Å²) in [4.78, 5) is 23.5. The summed E-state index contributed by atoms with van der Waals surface area (Å²) in [5.41, 5.74) is 0.864. The number of rotatable bonds is 9. The normalized spacial score (nSPS) is 10.4. The predicted molar refractivity (Wildman–Crippen MR) is 104 cm³/mol. The smallest absolute Gasteiger partial charge is 0.225 e. The fraction of sp³-hybridized carbons (Fsp3) is 0.222. The van der Waals surface area contributed by atoms with E-state index in [0.717, 1.165) is 0 Å². The second-order valence-corrected chi connectivity index (χ2v) is 7.96. The van der Waals surface area contributed by atoms with Crippen LogP contribution in [-0.4, -0.2) is 23.3 Å². The number of hydrogen-bond acceptors (Lipinski definition) is 4. The molecule has 0 atom stereocenters. The Morgan fingerprint density at radius 3 is 1.58 bits per heavy atom. The zero-order chi connectivity index (χ0) is 18.8. The number of carbonyl (C=O) groups is 2. The van der Waals surface area contributed by atoms with Crippen LogP contribution in [0, 0.1) is 11.6 Å². The topological polar surface area (TPSA) is 58.2 Å². The van der Waals surface area contributed by atoms with Crippen molar-refractivity contribution in [3.05, 3.63) is 60.2 Å². The minimum Gasteiger partial charge on any atom is -0.326 e. The van der Waals surface area contributed by atoms with Crippen molar-refractivity contribution in [3.63, 3.8) is 0 Å². The van der Waals surface area contributed by atoms with Crippen molar-refractivity contribution in [3.8, 4) is 0 Å². The average Bonchev–Trinajstić information content (AvgIpc) is 2.58. The average molecular weight is 396 g/mol. The quantitative estimate of drug-likeness (QED) is 0.476. The third-order valence-corrected chi connectivity index (χ3v) is 5.53. The standard InChI is InChI=1S/C18H18F2N2O2S2/c19-13-3-1-5-15(11-13)21-17(23)7-9-25-26-10-8-18(24)22-16-6-2-4-14(20)12-16/h1-6,11-12H,7-10H2,(H,21,23)(H,22,24). The Morgan fingerprint density at radius 2 is 1.19 bits per heavy atom. The molecule has 2 aromatic rings. The van der Waals surface area contributed by atoms with E-state index in [2.05, 4.69) is 10.6 Å². The highest BCUT2D eigenvalue weighted by atomic mass is 33.1. The fourth-order valence-electron chi connectivity index (χ4n) is 1.97. The molecule has 0 heterocycles. The highest BCUT2D eigenvalue weighted by molar-refractivity contribution is 8.76. The molecule has 0 unspecified atom stereocenters. The maximum atomic E-state index is 13.0. The molecule has 0 spiro atoms. The van der Waals surface area contributed by atoms with Crippen molar-refractivity contribution < 1.29 is 18.4 Å². The Morgan fingerprint density at radius 1 is 0.769 bits per heavy atom. The van der Waals surface area contributed by atoms with Crippen LogP contribution in [0.2, 0.25) is 0 Å².